The van der Waals surface area contributed by atoms with Crippen molar-refractivity contribution in [3.05, 3.63) is 35.9 Å². The minimum Gasteiger partial charge on any atom is -0.306 e. The van der Waals surface area contributed by atoms with Gasteiger partial charge in [-0.15, -0.1) is 12.4 Å². The summed E-state index contributed by atoms with van der Waals surface area (Å²) in [5.74, 6) is 0. The first-order chi connectivity index (χ1) is 11.2. The number of hydrogen-bond donors (Lipinski definition) is 0. The summed E-state index contributed by atoms with van der Waals surface area (Å²) in [6, 6.07) is 11.7. The van der Waals surface area contributed by atoms with Gasteiger partial charge in [-0.1, -0.05) is 95.0 Å². The summed E-state index contributed by atoms with van der Waals surface area (Å²) in [5, 5.41) is 0. The molecule has 0 aliphatic heterocycles. The third-order valence-electron chi connectivity index (χ3n) is 4.98. The van der Waals surface area contributed by atoms with Crippen molar-refractivity contribution in [2.75, 3.05) is 14.1 Å². The average Bonchev–Trinajstić information content (AvgIpc) is 2.56. The molecule has 1 rings (SSSR count). The van der Waals surface area contributed by atoms with Gasteiger partial charge in [0, 0.05) is 6.04 Å². The van der Waals surface area contributed by atoms with E-state index in [9.17, 15) is 0 Å². The summed E-state index contributed by atoms with van der Waals surface area (Å²) < 4.78 is 0. The van der Waals surface area contributed by atoms with E-state index in [0.717, 1.165) is 6.04 Å². The lowest BCUT2D eigenvalue weighted by Crippen LogP contribution is -2.28. The fraction of sp³-hybridized carbons (Fsp3) is 0.727. The maximum atomic E-state index is 2.42. The zero-order chi connectivity index (χ0) is 16.8. The number of unbranched alkanes of at least 4 members (excludes halogenated alkanes) is 8. The molecule has 1 aromatic carbocycles. The first kappa shape index (κ1) is 23.5. The summed E-state index contributed by atoms with van der Waals surface area (Å²) in [5.41, 5.74) is 1.48. The first-order valence-corrected chi connectivity index (χ1v) is 9.94. The molecule has 0 bridgehead atoms. The van der Waals surface area contributed by atoms with Crippen LogP contribution in [-0.2, 0) is 6.42 Å². The largest absolute Gasteiger partial charge is 0.306 e. The molecule has 0 aliphatic carbocycles. The normalized spacial score (nSPS) is 12.2. The second kappa shape index (κ2) is 16.0. The van der Waals surface area contributed by atoms with Crippen LogP contribution in [0.3, 0.4) is 0 Å². The Labute approximate surface area is 157 Å². The summed E-state index contributed by atoms with van der Waals surface area (Å²) in [7, 11) is 4.48. The second-order valence-electron chi connectivity index (χ2n) is 7.26. The molecule has 0 heterocycles. The molecule has 0 radical (unpaired) electrons. The quantitative estimate of drug-likeness (QED) is 0.329. The van der Waals surface area contributed by atoms with Crippen molar-refractivity contribution in [3.8, 4) is 0 Å². The van der Waals surface area contributed by atoms with E-state index < -0.39 is 0 Å². The van der Waals surface area contributed by atoms with Gasteiger partial charge in [-0.2, -0.15) is 0 Å². The van der Waals surface area contributed by atoms with Gasteiger partial charge in [0.05, 0.1) is 0 Å². The average molecular weight is 354 g/mol. The monoisotopic (exact) mass is 353 g/mol. The van der Waals surface area contributed by atoms with Gasteiger partial charge in [0.1, 0.15) is 0 Å². The first-order valence-electron chi connectivity index (χ1n) is 9.94. The van der Waals surface area contributed by atoms with E-state index >= 15 is 0 Å². The highest BCUT2D eigenvalue weighted by atomic mass is 35.5. The van der Waals surface area contributed by atoms with Gasteiger partial charge in [-0.25, -0.2) is 0 Å². The highest BCUT2D eigenvalue weighted by Gasteiger charge is 2.11. The highest BCUT2D eigenvalue weighted by Crippen LogP contribution is 2.16. The van der Waals surface area contributed by atoms with E-state index in [0.29, 0.717) is 0 Å². The standard InChI is InChI=1S/C22H39N.ClH/c1-4-5-6-7-8-9-10-11-15-18-22(23(2)3)20-19-21-16-13-12-14-17-21;/h12-14,16-17,22H,4-11,15,18-20H2,1-3H3;1H. The zero-order valence-electron chi connectivity index (χ0n) is 16.3. The fourth-order valence-electron chi connectivity index (χ4n) is 3.33. The lowest BCUT2D eigenvalue weighted by molar-refractivity contribution is 0.257. The molecule has 0 saturated carbocycles. The fourth-order valence-corrected chi connectivity index (χ4v) is 3.33. The topological polar surface area (TPSA) is 3.24 Å². The van der Waals surface area contributed by atoms with Crippen molar-refractivity contribution in [2.24, 2.45) is 0 Å². The molecule has 0 N–H and O–H groups in total. The molecule has 0 aromatic heterocycles. The van der Waals surface area contributed by atoms with Gasteiger partial charge < -0.3 is 4.90 Å². The maximum absolute atomic E-state index is 2.42. The van der Waals surface area contributed by atoms with Crippen LogP contribution in [0.4, 0.5) is 0 Å². The predicted octanol–water partition coefficient (Wildman–Crippen LogP) is 6.89. The van der Waals surface area contributed by atoms with Crippen LogP contribution in [0, 0.1) is 0 Å². The van der Waals surface area contributed by atoms with Crippen molar-refractivity contribution in [3.63, 3.8) is 0 Å². The molecule has 0 saturated heterocycles. The number of hydrogen-bond acceptors (Lipinski definition) is 1. The van der Waals surface area contributed by atoms with E-state index in [4.69, 9.17) is 0 Å². The summed E-state index contributed by atoms with van der Waals surface area (Å²) in [4.78, 5) is 2.42. The van der Waals surface area contributed by atoms with Crippen LogP contribution in [0.1, 0.15) is 83.1 Å². The molecular weight excluding hydrogens is 314 g/mol. The van der Waals surface area contributed by atoms with Gasteiger partial charge in [0.2, 0.25) is 0 Å². The van der Waals surface area contributed by atoms with Crippen LogP contribution in [0.15, 0.2) is 30.3 Å². The van der Waals surface area contributed by atoms with Crippen LogP contribution in [0.2, 0.25) is 0 Å². The van der Waals surface area contributed by atoms with Gasteiger partial charge in [0.15, 0.2) is 0 Å². The van der Waals surface area contributed by atoms with E-state index in [2.05, 4.69) is 56.3 Å². The highest BCUT2D eigenvalue weighted by molar-refractivity contribution is 5.85. The van der Waals surface area contributed by atoms with Crippen molar-refractivity contribution >= 4 is 12.4 Å². The molecule has 1 atom stereocenters. The van der Waals surface area contributed by atoms with Crippen LogP contribution < -0.4 is 0 Å². The molecule has 1 nitrogen and oxygen atoms in total. The molecule has 24 heavy (non-hydrogen) atoms. The Morgan fingerprint density at radius 3 is 1.83 bits per heavy atom. The Kier molecular flexibility index (Phi) is 15.6. The molecule has 0 aliphatic rings. The number of halogens is 1. The van der Waals surface area contributed by atoms with Crippen molar-refractivity contribution in [1.82, 2.24) is 4.90 Å². The third kappa shape index (κ3) is 11.9. The number of benzene rings is 1. The lowest BCUT2D eigenvalue weighted by atomic mass is 9.99. The molecule has 1 aromatic rings. The van der Waals surface area contributed by atoms with Crippen LogP contribution in [0.25, 0.3) is 0 Å². The minimum absolute atomic E-state index is 0. The van der Waals surface area contributed by atoms with Crippen LogP contribution >= 0.6 is 12.4 Å². The number of nitrogens with zero attached hydrogens (tertiary/aromatic N) is 1. The van der Waals surface area contributed by atoms with Crippen molar-refractivity contribution in [2.45, 2.75) is 90.0 Å². The smallest absolute Gasteiger partial charge is 0.00923 e. The Bertz CT molecular complexity index is 363. The third-order valence-corrected chi connectivity index (χ3v) is 4.98. The molecule has 140 valence electrons. The number of aryl methyl sites for hydroxylation is 1. The summed E-state index contributed by atoms with van der Waals surface area (Å²) >= 11 is 0. The second-order valence-corrected chi connectivity index (χ2v) is 7.26. The zero-order valence-corrected chi connectivity index (χ0v) is 17.1. The minimum atomic E-state index is 0. The molecule has 0 amide bonds. The van der Waals surface area contributed by atoms with E-state index in [1.165, 1.54) is 82.6 Å². The molecule has 2 heteroatoms. The predicted molar refractivity (Wildman–Crippen MR) is 111 cm³/mol. The molecule has 0 fully saturated rings. The lowest BCUT2D eigenvalue weighted by Gasteiger charge is -2.24. The molecule has 1 unspecified atom stereocenters. The molecule has 0 spiro atoms. The van der Waals surface area contributed by atoms with Crippen LogP contribution in [0.5, 0.6) is 0 Å². The Morgan fingerprint density at radius 1 is 0.750 bits per heavy atom. The van der Waals surface area contributed by atoms with Crippen LogP contribution in [-0.4, -0.2) is 25.0 Å². The van der Waals surface area contributed by atoms with E-state index in [-0.39, 0.29) is 12.4 Å². The SMILES string of the molecule is CCCCCCCCCCCC(CCc1ccccc1)N(C)C.Cl. The molecular formula is C22H40ClN. The Hall–Kier alpha value is -0.530. The van der Waals surface area contributed by atoms with Crippen molar-refractivity contribution in [1.29, 1.82) is 0 Å². The van der Waals surface area contributed by atoms with E-state index in [1.54, 1.807) is 0 Å². The summed E-state index contributed by atoms with van der Waals surface area (Å²) in [6.07, 6.45) is 16.7. The van der Waals surface area contributed by atoms with Gasteiger partial charge in [-0.05, 0) is 38.9 Å². The Balaban J connectivity index is 0.00000529. The van der Waals surface area contributed by atoms with Gasteiger partial charge in [-0.3, -0.25) is 0 Å². The number of rotatable bonds is 14. The Morgan fingerprint density at radius 2 is 1.29 bits per heavy atom. The van der Waals surface area contributed by atoms with Gasteiger partial charge >= 0.3 is 0 Å². The summed E-state index contributed by atoms with van der Waals surface area (Å²) in [6.45, 7) is 2.29. The van der Waals surface area contributed by atoms with Gasteiger partial charge in [0.25, 0.3) is 0 Å². The van der Waals surface area contributed by atoms with Crippen molar-refractivity contribution < 1.29 is 0 Å². The maximum Gasteiger partial charge on any atom is 0.00923 e. The van der Waals surface area contributed by atoms with E-state index in [1.807, 2.05) is 0 Å².